The topological polar surface area (TPSA) is 78.9 Å². The van der Waals surface area contributed by atoms with Crippen LogP contribution in [0.2, 0.25) is 0 Å². The van der Waals surface area contributed by atoms with Gasteiger partial charge in [0.25, 0.3) is 0 Å². The molecular formula is C14H25N3O. The van der Waals surface area contributed by atoms with Crippen LogP contribution in [0.3, 0.4) is 0 Å². The van der Waals surface area contributed by atoms with Crippen molar-refractivity contribution in [3.05, 3.63) is 0 Å². The van der Waals surface area contributed by atoms with Gasteiger partial charge in [-0.25, -0.2) is 0 Å². The largest absolute Gasteiger partial charge is 0.352 e. The second-order valence-electron chi connectivity index (χ2n) is 5.48. The highest BCUT2D eigenvalue weighted by Gasteiger charge is 2.33. The maximum Gasteiger partial charge on any atom is 0.220 e. The van der Waals surface area contributed by atoms with Crippen LogP contribution >= 0.6 is 0 Å². The summed E-state index contributed by atoms with van der Waals surface area (Å²) < 4.78 is 0. The molecule has 1 atom stereocenters. The number of nitrogens with one attached hydrogen (secondary N) is 1. The molecule has 1 unspecified atom stereocenters. The number of nitrogens with two attached hydrogens (primary N) is 1. The van der Waals surface area contributed by atoms with E-state index in [1.807, 2.05) is 6.92 Å². The molecule has 18 heavy (non-hydrogen) atoms. The Morgan fingerprint density at radius 2 is 2.11 bits per heavy atom. The second-order valence-corrected chi connectivity index (χ2v) is 5.48. The molecule has 0 spiro atoms. The van der Waals surface area contributed by atoms with Crippen molar-refractivity contribution in [2.24, 2.45) is 11.1 Å². The van der Waals surface area contributed by atoms with E-state index < -0.39 is 0 Å². The van der Waals surface area contributed by atoms with Crippen LogP contribution < -0.4 is 11.1 Å². The summed E-state index contributed by atoms with van der Waals surface area (Å²) in [6.07, 6.45) is 7.45. The molecule has 102 valence electrons. The van der Waals surface area contributed by atoms with E-state index in [2.05, 4.69) is 11.4 Å². The molecule has 0 bridgehead atoms. The van der Waals surface area contributed by atoms with Gasteiger partial charge in [-0.2, -0.15) is 5.26 Å². The van der Waals surface area contributed by atoms with Gasteiger partial charge >= 0.3 is 0 Å². The van der Waals surface area contributed by atoms with Crippen molar-refractivity contribution in [2.45, 2.75) is 64.3 Å². The number of carbonyl (C=O) groups is 1. The van der Waals surface area contributed by atoms with Crippen molar-refractivity contribution < 1.29 is 4.79 Å². The molecule has 4 nitrogen and oxygen atoms in total. The van der Waals surface area contributed by atoms with Crippen LogP contribution in [0.1, 0.15) is 58.3 Å². The van der Waals surface area contributed by atoms with E-state index in [0.717, 1.165) is 19.3 Å². The summed E-state index contributed by atoms with van der Waals surface area (Å²) in [5.74, 6) is 0.0597. The number of rotatable bonds is 6. The Morgan fingerprint density at radius 1 is 1.44 bits per heavy atom. The first-order valence-electron chi connectivity index (χ1n) is 7.02. The lowest BCUT2D eigenvalue weighted by molar-refractivity contribution is -0.124. The number of nitriles is 1. The monoisotopic (exact) mass is 251 g/mol. The van der Waals surface area contributed by atoms with E-state index in [1.165, 1.54) is 19.3 Å². The van der Waals surface area contributed by atoms with E-state index in [-0.39, 0.29) is 17.4 Å². The normalized spacial score (nSPS) is 19.8. The Labute approximate surface area is 110 Å². The van der Waals surface area contributed by atoms with Gasteiger partial charge in [-0.15, -0.1) is 0 Å². The predicted molar refractivity (Wildman–Crippen MR) is 71.6 cm³/mol. The zero-order valence-corrected chi connectivity index (χ0v) is 11.4. The first kappa shape index (κ1) is 15.0. The number of nitrogens with zero attached hydrogens (tertiary/aromatic N) is 1. The maximum atomic E-state index is 12.0. The molecule has 0 radical (unpaired) electrons. The van der Waals surface area contributed by atoms with Gasteiger partial charge in [0.15, 0.2) is 0 Å². The number of hydrogen-bond donors (Lipinski definition) is 2. The van der Waals surface area contributed by atoms with Gasteiger partial charge in [0.2, 0.25) is 5.91 Å². The van der Waals surface area contributed by atoms with Crippen LogP contribution in [0.4, 0.5) is 0 Å². The predicted octanol–water partition coefficient (Wildman–Crippen LogP) is 2.09. The highest BCUT2D eigenvalue weighted by molar-refractivity contribution is 5.77. The minimum atomic E-state index is -0.0130. The molecule has 1 aliphatic carbocycles. The first-order valence-corrected chi connectivity index (χ1v) is 7.02. The van der Waals surface area contributed by atoms with Crippen LogP contribution in [0.5, 0.6) is 0 Å². The Bertz CT molecular complexity index is 303. The molecule has 1 rings (SSSR count). The van der Waals surface area contributed by atoms with Gasteiger partial charge in [0.1, 0.15) is 0 Å². The van der Waals surface area contributed by atoms with Gasteiger partial charge < -0.3 is 11.1 Å². The highest BCUT2D eigenvalue weighted by Crippen LogP contribution is 2.38. The van der Waals surface area contributed by atoms with Crippen molar-refractivity contribution in [3.63, 3.8) is 0 Å². The van der Waals surface area contributed by atoms with Crippen LogP contribution in [0, 0.1) is 16.7 Å². The quantitative estimate of drug-likeness (QED) is 0.758. The molecule has 0 aromatic heterocycles. The first-order chi connectivity index (χ1) is 8.65. The summed E-state index contributed by atoms with van der Waals surface area (Å²) in [6.45, 7) is 2.58. The fraction of sp³-hybridized carbons (Fsp3) is 0.857. The average molecular weight is 251 g/mol. The van der Waals surface area contributed by atoms with Crippen LogP contribution in [0.25, 0.3) is 0 Å². The lowest BCUT2D eigenvalue weighted by atomic mass is 9.71. The summed E-state index contributed by atoms with van der Waals surface area (Å²) in [7, 11) is 0. The lowest BCUT2D eigenvalue weighted by Crippen LogP contribution is -2.41. The van der Waals surface area contributed by atoms with Gasteiger partial charge in [-0.1, -0.05) is 26.2 Å². The zero-order valence-electron chi connectivity index (χ0n) is 11.4. The summed E-state index contributed by atoms with van der Waals surface area (Å²) in [4.78, 5) is 12.0. The second kappa shape index (κ2) is 7.38. The highest BCUT2D eigenvalue weighted by atomic mass is 16.1. The molecule has 1 aliphatic rings. The molecule has 1 fully saturated rings. The molecule has 0 aromatic rings. The standard InChI is InChI=1S/C14H25N3O/c1-2-12(6-9-15)17-13(18)10-14(11-16)7-4-3-5-8-14/h12H,2-8,10-11,16H2,1H3,(H,17,18). The van der Waals surface area contributed by atoms with Gasteiger partial charge in [-0.05, 0) is 31.2 Å². The molecule has 0 aliphatic heterocycles. The average Bonchev–Trinajstić information content (AvgIpc) is 2.39. The molecule has 0 aromatic carbocycles. The van der Waals surface area contributed by atoms with Gasteiger partial charge in [-0.3, -0.25) is 4.79 Å². The summed E-state index contributed by atoms with van der Waals surface area (Å²) in [5.41, 5.74) is 5.88. The Balaban J connectivity index is 2.49. The SMILES string of the molecule is CCC(CC#N)NC(=O)CC1(CN)CCCCC1. The maximum absolute atomic E-state index is 12.0. The van der Waals surface area contributed by atoms with E-state index in [0.29, 0.717) is 19.4 Å². The number of amides is 1. The Hall–Kier alpha value is -1.08. The van der Waals surface area contributed by atoms with Crippen molar-refractivity contribution >= 4 is 5.91 Å². The third-order valence-electron chi connectivity index (χ3n) is 4.08. The Morgan fingerprint density at radius 3 is 2.61 bits per heavy atom. The van der Waals surface area contributed by atoms with Crippen LogP contribution in [-0.2, 0) is 4.79 Å². The molecule has 4 heteroatoms. The third kappa shape index (κ3) is 4.30. The van der Waals surface area contributed by atoms with Crippen LogP contribution in [0.15, 0.2) is 0 Å². The van der Waals surface area contributed by atoms with Gasteiger partial charge in [0.05, 0.1) is 12.5 Å². The molecule has 0 saturated heterocycles. The van der Waals surface area contributed by atoms with Crippen molar-refractivity contribution in [3.8, 4) is 6.07 Å². The van der Waals surface area contributed by atoms with E-state index in [4.69, 9.17) is 11.0 Å². The smallest absolute Gasteiger partial charge is 0.220 e. The summed E-state index contributed by atoms with van der Waals surface area (Å²) in [5, 5.41) is 11.6. The molecular weight excluding hydrogens is 226 g/mol. The van der Waals surface area contributed by atoms with Crippen LogP contribution in [-0.4, -0.2) is 18.5 Å². The van der Waals surface area contributed by atoms with Crippen molar-refractivity contribution in [1.29, 1.82) is 5.26 Å². The molecule has 3 N–H and O–H groups in total. The fourth-order valence-electron chi connectivity index (χ4n) is 2.78. The van der Waals surface area contributed by atoms with Crippen molar-refractivity contribution in [2.75, 3.05) is 6.54 Å². The fourth-order valence-corrected chi connectivity index (χ4v) is 2.78. The summed E-state index contributed by atoms with van der Waals surface area (Å²) >= 11 is 0. The van der Waals surface area contributed by atoms with E-state index >= 15 is 0 Å². The minimum absolute atomic E-state index is 0.00721. The number of carbonyl (C=O) groups excluding carboxylic acids is 1. The lowest BCUT2D eigenvalue weighted by Gasteiger charge is -2.36. The number of hydrogen-bond acceptors (Lipinski definition) is 3. The minimum Gasteiger partial charge on any atom is -0.352 e. The summed E-state index contributed by atoms with van der Waals surface area (Å²) in [6, 6.07) is 2.10. The van der Waals surface area contributed by atoms with E-state index in [9.17, 15) is 4.79 Å². The van der Waals surface area contributed by atoms with E-state index in [1.54, 1.807) is 0 Å². The van der Waals surface area contributed by atoms with Gasteiger partial charge in [0, 0.05) is 12.5 Å². The van der Waals surface area contributed by atoms with Crippen molar-refractivity contribution in [1.82, 2.24) is 5.32 Å². The third-order valence-corrected chi connectivity index (χ3v) is 4.08. The Kier molecular flexibility index (Phi) is 6.14. The molecule has 1 amide bonds. The molecule has 1 saturated carbocycles. The molecule has 0 heterocycles. The zero-order chi connectivity index (χ0) is 13.4.